The summed E-state index contributed by atoms with van der Waals surface area (Å²) in [6, 6.07) is 12.7. The number of aryl methyl sites for hydroxylation is 2. The molecular weight excluding hydrogens is 414 g/mol. The van der Waals surface area contributed by atoms with Gasteiger partial charge in [0.05, 0.1) is 17.5 Å². The summed E-state index contributed by atoms with van der Waals surface area (Å²) in [5.41, 5.74) is 3.79. The summed E-state index contributed by atoms with van der Waals surface area (Å²) < 4.78 is 27.2. The van der Waals surface area contributed by atoms with E-state index in [1.54, 1.807) is 12.1 Å². The van der Waals surface area contributed by atoms with Crippen LogP contribution in [-0.4, -0.2) is 38.1 Å². The van der Waals surface area contributed by atoms with Crippen LogP contribution < -0.4 is 10.6 Å². The molecule has 0 saturated carbocycles. The Bertz CT molecular complexity index is 1110. The van der Waals surface area contributed by atoms with Gasteiger partial charge in [-0.2, -0.15) is 4.31 Å². The van der Waals surface area contributed by atoms with Gasteiger partial charge in [0, 0.05) is 19.2 Å². The van der Waals surface area contributed by atoms with Crippen molar-refractivity contribution >= 4 is 27.5 Å². The number of hydrogen-bond donors (Lipinski definition) is 2. The summed E-state index contributed by atoms with van der Waals surface area (Å²) in [7, 11) is -2.42. The molecule has 7 nitrogen and oxygen atoms in total. The molecule has 1 heterocycles. The quantitative estimate of drug-likeness (QED) is 0.746. The number of carbonyl (C=O) groups excluding carboxylic acids is 2. The Morgan fingerprint density at radius 2 is 1.87 bits per heavy atom. The molecule has 0 fully saturated rings. The van der Waals surface area contributed by atoms with Crippen molar-refractivity contribution in [1.29, 1.82) is 0 Å². The highest BCUT2D eigenvalue weighted by Crippen LogP contribution is 2.30. The number of nitrogens with zero attached hydrogens (tertiary/aromatic N) is 1. The van der Waals surface area contributed by atoms with Crippen molar-refractivity contribution < 1.29 is 18.0 Å². The number of benzene rings is 2. The largest absolute Gasteiger partial charge is 0.348 e. The summed E-state index contributed by atoms with van der Waals surface area (Å²) in [6.45, 7) is -0.255. The van der Waals surface area contributed by atoms with Crippen LogP contribution in [0, 0.1) is 0 Å². The first kappa shape index (κ1) is 21.5. The molecule has 0 unspecified atom stereocenters. The fourth-order valence-electron chi connectivity index (χ4n) is 4.32. The van der Waals surface area contributed by atoms with Crippen LogP contribution in [0.25, 0.3) is 0 Å². The predicted molar refractivity (Wildman–Crippen MR) is 118 cm³/mol. The zero-order chi connectivity index (χ0) is 22.0. The number of sulfonamides is 1. The molecule has 2 amide bonds. The standard InChI is InChI=1S/C23H27N3O4S/c1-26(15-23(28)25-21-10-4-7-16-6-2-3-9-19(16)21)31(29,30)18-12-13-20-17(14-18)8-5-11-22(27)24-20/h2-3,6,9,12-14,21H,4-5,7-8,10-11,15H2,1H3,(H,24,27)(H,25,28)/t21-/m0/s1. The molecule has 0 bridgehead atoms. The number of anilines is 1. The lowest BCUT2D eigenvalue weighted by Gasteiger charge is -2.27. The molecule has 0 radical (unpaired) electrons. The van der Waals surface area contributed by atoms with E-state index in [0.717, 1.165) is 34.7 Å². The van der Waals surface area contributed by atoms with Crippen molar-refractivity contribution in [2.75, 3.05) is 18.9 Å². The van der Waals surface area contributed by atoms with Crippen molar-refractivity contribution in [3.8, 4) is 0 Å². The lowest BCUT2D eigenvalue weighted by atomic mass is 9.88. The highest BCUT2D eigenvalue weighted by molar-refractivity contribution is 7.89. The minimum absolute atomic E-state index is 0.0626. The van der Waals surface area contributed by atoms with E-state index < -0.39 is 10.0 Å². The highest BCUT2D eigenvalue weighted by atomic mass is 32.2. The summed E-state index contributed by atoms with van der Waals surface area (Å²) in [4.78, 5) is 24.5. The molecule has 1 atom stereocenters. The Morgan fingerprint density at radius 3 is 2.71 bits per heavy atom. The first-order chi connectivity index (χ1) is 14.8. The van der Waals surface area contributed by atoms with Crippen LogP contribution in [0.1, 0.15) is 48.4 Å². The van der Waals surface area contributed by atoms with Crippen LogP contribution in [0.15, 0.2) is 47.4 Å². The van der Waals surface area contributed by atoms with Crippen LogP contribution in [0.5, 0.6) is 0 Å². The van der Waals surface area contributed by atoms with Gasteiger partial charge in [-0.3, -0.25) is 9.59 Å². The number of hydrogen-bond acceptors (Lipinski definition) is 4. The van der Waals surface area contributed by atoms with Gasteiger partial charge in [0.25, 0.3) is 0 Å². The van der Waals surface area contributed by atoms with E-state index in [9.17, 15) is 18.0 Å². The Labute approximate surface area is 182 Å². The fraction of sp³-hybridized carbons (Fsp3) is 0.391. The predicted octanol–water partition coefficient (Wildman–Crippen LogP) is 2.78. The fourth-order valence-corrected chi connectivity index (χ4v) is 5.50. The number of carbonyl (C=O) groups is 2. The third kappa shape index (κ3) is 4.65. The molecule has 2 aromatic carbocycles. The van der Waals surface area contributed by atoms with Gasteiger partial charge in [0.2, 0.25) is 21.8 Å². The summed E-state index contributed by atoms with van der Waals surface area (Å²) >= 11 is 0. The maximum absolute atomic E-state index is 13.1. The van der Waals surface area contributed by atoms with Gasteiger partial charge < -0.3 is 10.6 Å². The maximum Gasteiger partial charge on any atom is 0.243 e. The van der Waals surface area contributed by atoms with E-state index in [0.29, 0.717) is 24.9 Å². The van der Waals surface area contributed by atoms with Gasteiger partial charge >= 0.3 is 0 Å². The van der Waals surface area contributed by atoms with Gasteiger partial charge in [-0.25, -0.2) is 8.42 Å². The van der Waals surface area contributed by atoms with Gasteiger partial charge in [-0.15, -0.1) is 0 Å². The van der Waals surface area contributed by atoms with Crippen LogP contribution in [0.4, 0.5) is 5.69 Å². The zero-order valence-corrected chi connectivity index (χ0v) is 18.4. The van der Waals surface area contributed by atoms with Gasteiger partial charge in [0.15, 0.2) is 0 Å². The normalized spacial score (nSPS) is 18.5. The topological polar surface area (TPSA) is 95.6 Å². The number of likely N-dealkylation sites (N-methyl/N-ethyl adjacent to an activating group) is 1. The Balaban J connectivity index is 1.46. The second kappa shape index (κ2) is 8.80. The molecule has 0 spiro atoms. The Hall–Kier alpha value is -2.71. The van der Waals surface area contributed by atoms with Crippen molar-refractivity contribution in [2.24, 2.45) is 0 Å². The van der Waals surface area contributed by atoms with Crippen molar-refractivity contribution in [2.45, 2.75) is 49.5 Å². The monoisotopic (exact) mass is 441 g/mol. The highest BCUT2D eigenvalue weighted by Gasteiger charge is 2.27. The smallest absolute Gasteiger partial charge is 0.243 e. The average molecular weight is 442 g/mol. The van der Waals surface area contributed by atoms with E-state index in [2.05, 4.69) is 16.7 Å². The minimum Gasteiger partial charge on any atom is -0.348 e. The maximum atomic E-state index is 13.1. The lowest BCUT2D eigenvalue weighted by molar-refractivity contribution is -0.122. The average Bonchev–Trinajstić information content (AvgIpc) is 2.93. The number of nitrogens with one attached hydrogen (secondary N) is 2. The molecule has 2 aliphatic rings. The molecule has 1 aliphatic carbocycles. The van der Waals surface area contributed by atoms with E-state index >= 15 is 0 Å². The lowest BCUT2D eigenvalue weighted by Crippen LogP contribution is -2.40. The third-order valence-electron chi connectivity index (χ3n) is 5.98. The molecule has 2 N–H and O–H groups in total. The van der Waals surface area contributed by atoms with Crippen LogP contribution >= 0.6 is 0 Å². The van der Waals surface area contributed by atoms with Crippen LogP contribution in [0.2, 0.25) is 0 Å². The SMILES string of the molecule is CN(CC(=O)N[C@H]1CCCc2ccccc21)S(=O)(=O)c1ccc2c(c1)CCCC(=O)N2. The van der Waals surface area contributed by atoms with Gasteiger partial charge in [-0.1, -0.05) is 24.3 Å². The molecule has 2 aromatic rings. The third-order valence-corrected chi connectivity index (χ3v) is 7.78. The van der Waals surface area contributed by atoms with Crippen LogP contribution in [0.3, 0.4) is 0 Å². The molecule has 164 valence electrons. The molecule has 8 heteroatoms. The van der Waals surface area contributed by atoms with Crippen molar-refractivity contribution in [1.82, 2.24) is 9.62 Å². The van der Waals surface area contributed by atoms with Crippen molar-refractivity contribution in [3.05, 3.63) is 59.2 Å². The van der Waals surface area contributed by atoms with Crippen molar-refractivity contribution in [3.63, 3.8) is 0 Å². The molecule has 4 rings (SSSR count). The first-order valence-electron chi connectivity index (χ1n) is 10.6. The van der Waals surface area contributed by atoms with E-state index in [1.165, 1.54) is 18.7 Å². The number of amides is 2. The Kier molecular flexibility index (Phi) is 6.11. The molecule has 0 aromatic heterocycles. The second-order valence-corrected chi connectivity index (χ2v) is 10.2. The zero-order valence-electron chi connectivity index (χ0n) is 17.6. The summed E-state index contributed by atoms with van der Waals surface area (Å²) in [5, 5.41) is 5.80. The molecule has 0 saturated heterocycles. The minimum atomic E-state index is -3.83. The van der Waals surface area contributed by atoms with Gasteiger partial charge in [0.1, 0.15) is 0 Å². The molecule has 31 heavy (non-hydrogen) atoms. The van der Waals surface area contributed by atoms with E-state index in [4.69, 9.17) is 0 Å². The molecular formula is C23H27N3O4S. The number of fused-ring (bicyclic) bond motifs is 2. The second-order valence-electron chi connectivity index (χ2n) is 8.19. The first-order valence-corrected chi connectivity index (χ1v) is 12.0. The Morgan fingerprint density at radius 1 is 1.10 bits per heavy atom. The molecule has 1 aliphatic heterocycles. The van der Waals surface area contributed by atoms with E-state index in [1.807, 2.05) is 18.2 Å². The summed E-state index contributed by atoms with van der Waals surface area (Å²) in [5.74, 6) is -0.387. The van der Waals surface area contributed by atoms with Gasteiger partial charge in [-0.05, 0) is 67.0 Å². The summed E-state index contributed by atoms with van der Waals surface area (Å²) in [6.07, 6.45) is 4.54. The number of rotatable bonds is 5. The van der Waals surface area contributed by atoms with E-state index in [-0.39, 0.29) is 29.3 Å². The van der Waals surface area contributed by atoms with Crippen LogP contribution in [-0.2, 0) is 32.5 Å².